The zero-order valence-corrected chi connectivity index (χ0v) is 20.5. The monoisotopic (exact) mass is 557 g/mol. The third-order valence-corrected chi connectivity index (χ3v) is 6.61. The Morgan fingerprint density at radius 3 is 1.76 bits per heavy atom. The summed E-state index contributed by atoms with van der Waals surface area (Å²) >= 11 is 2.31. The molecule has 0 bridgehead atoms. The third kappa shape index (κ3) is 6.56. The first kappa shape index (κ1) is 23.7. The quantitative estimate of drug-likeness (QED) is 0.254. The summed E-state index contributed by atoms with van der Waals surface area (Å²) in [6.45, 7) is 1.62. The predicted molar refractivity (Wildman–Crippen MR) is 136 cm³/mol. The van der Waals surface area contributed by atoms with Crippen LogP contribution in [0.1, 0.15) is 16.7 Å². The van der Waals surface area contributed by atoms with Gasteiger partial charge in [-0.05, 0) is 16.7 Å². The standard InChI is InChI=1S/C27H28INO4/c28-16-24-26(32-19-22-12-6-2-7-13-22)25(31-18-21-10-4-1-5-11-21)17-29(24)27(30)33-20-23-14-8-3-9-15-23/h1-15,24-26H,16-20H2/t24-,25+,26+/m1/s1. The highest BCUT2D eigenvalue weighted by atomic mass is 127. The van der Waals surface area contributed by atoms with E-state index < -0.39 is 0 Å². The molecule has 6 heteroatoms. The number of benzene rings is 3. The maximum atomic E-state index is 13.0. The van der Waals surface area contributed by atoms with E-state index in [2.05, 4.69) is 22.6 Å². The van der Waals surface area contributed by atoms with Gasteiger partial charge >= 0.3 is 6.09 Å². The summed E-state index contributed by atoms with van der Waals surface area (Å²) in [4.78, 5) is 14.8. The number of likely N-dealkylation sites (tertiary alicyclic amines) is 1. The smallest absolute Gasteiger partial charge is 0.410 e. The molecule has 0 aromatic heterocycles. The highest BCUT2D eigenvalue weighted by Gasteiger charge is 2.45. The number of nitrogens with zero attached hydrogens (tertiary/aromatic N) is 1. The number of ether oxygens (including phenoxy) is 3. The zero-order chi connectivity index (χ0) is 22.9. The molecular weight excluding hydrogens is 529 g/mol. The van der Waals surface area contributed by atoms with Crippen LogP contribution in [0.25, 0.3) is 0 Å². The number of carbonyl (C=O) groups is 1. The van der Waals surface area contributed by atoms with Gasteiger partial charge < -0.3 is 14.2 Å². The second-order valence-electron chi connectivity index (χ2n) is 8.01. The van der Waals surface area contributed by atoms with Gasteiger partial charge in [-0.15, -0.1) is 0 Å². The van der Waals surface area contributed by atoms with Crippen molar-refractivity contribution in [3.05, 3.63) is 108 Å². The number of hydrogen-bond acceptors (Lipinski definition) is 4. The van der Waals surface area contributed by atoms with Gasteiger partial charge in [0.25, 0.3) is 0 Å². The summed E-state index contributed by atoms with van der Waals surface area (Å²) in [6, 6.07) is 29.7. The molecule has 0 saturated carbocycles. The number of hydrogen-bond donors (Lipinski definition) is 0. The van der Waals surface area contributed by atoms with E-state index in [1.54, 1.807) is 4.90 Å². The zero-order valence-electron chi connectivity index (χ0n) is 18.4. The molecule has 1 fully saturated rings. The van der Waals surface area contributed by atoms with Crippen LogP contribution in [0.3, 0.4) is 0 Å². The minimum atomic E-state index is -0.334. The Hall–Kier alpha value is -2.42. The highest BCUT2D eigenvalue weighted by Crippen LogP contribution is 2.28. The fourth-order valence-corrected chi connectivity index (χ4v) is 4.93. The van der Waals surface area contributed by atoms with Crippen molar-refractivity contribution in [3.8, 4) is 0 Å². The van der Waals surface area contributed by atoms with Crippen molar-refractivity contribution in [1.29, 1.82) is 0 Å². The summed E-state index contributed by atoms with van der Waals surface area (Å²) in [5.74, 6) is 0. The van der Waals surface area contributed by atoms with Crippen LogP contribution in [0, 0.1) is 0 Å². The summed E-state index contributed by atoms with van der Waals surface area (Å²) in [5, 5.41) is 0. The first-order valence-corrected chi connectivity index (χ1v) is 12.6. The van der Waals surface area contributed by atoms with Crippen LogP contribution in [-0.4, -0.2) is 40.2 Å². The fraction of sp³-hybridized carbons (Fsp3) is 0.296. The van der Waals surface area contributed by atoms with Crippen molar-refractivity contribution in [3.63, 3.8) is 0 Å². The third-order valence-electron chi connectivity index (χ3n) is 5.71. The van der Waals surface area contributed by atoms with Gasteiger partial charge in [0, 0.05) is 4.43 Å². The molecule has 1 aliphatic heterocycles. The van der Waals surface area contributed by atoms with Crippen molar-refractivity contribution >= 4 is 28.7 Å². The molecule has 33 heavy (non-hydrogen) atoms. The van der Waals surface area contributed by atoms with Crippen LogP contribution in [0.2, 0.25) is 0 Å². The van der Waals surface area contributed by atoms with Crippen LogP contribution >= 0.6 is 22.6 Å². The molecule has 1 aliphatic rings. The highest BCUT2D eigenvalue weighted by molar-refractivity contribution is 14.1. The Kier molecular flexibility index (Phi) is 8.74. The molecular formula is C27H28INO4. The molecule has 5 nitrogen and oxygen atoms in total. The van der Waals surface area contributed by atoms with Crippen molar-refractivity contribution in [1.82, 2.24) is 4.90 Å². The van der Waals surface area contributed by atoms with E-state index in [4.69, 9.17) is 14.2 Å². The lowest BCUT2D eigenvalue weighted by Crippen LogP contribution is -2.42. The van der Waals surface area contributed by atoms with E-state index in [9.17, 15) is 4.79 Å². The lowest BCUT2D eigenvalue weighted by Gasteiger charge is -2.26. The second-order valence-corrected chi connectivity index (χ2v) is 8.89. The lowest BCUT2D eigenvalue weighted by atomic mass is 10.1. The normalized spacial score (nSPS) is 20.0. The van der Waals surface area contributed by atoms with E-state index in [-0.39, 0.29) is 30.9 Å². The molecule has 0 radical (unpaired) electrons. The molecule has 4 rings (SSSR count). The van der Waals surface area contributed by atoms with Gasteiger partial charge in [-0.3, -0.25) is 4.90 Å². The predicted octanol–water partition coefficient (Wildman–Crippen LogP) is 5.61. The van der Waals surface area contributed by atoms with Gasteiger partial charge in [0.15, 0.2) is 0 Å². The molecule has 0 N–H and O–H groups in total. The minimum Gasteiger partial charge on any atom is -0.445 e. The number of alkyl halides is 1. The number of amides is 1. The number of halogens is 1. The topological polar surface area (TPSA) is 48.0 Å². The Balaban J connectivity index is 1.45. The van der Waals surface area contributed by atoms with E-state index in [0.29, 0.717) is 19.8 Å². The van der Waals surface area contributed by atoms with E-state index in [0.717, 1.165) is 21.1 Å². The van der Waals surface area contributed by atoms with Crippen LogP contribution < -0.4 is 0 Å². The first-order valence-electron chi connectivity index (χ1n) is 11.1. The summed E-state index contributed by atoms with van der Waals surface area (Å²) in [5.41, 5.74) is 3.15. The molecule has 0 aliphatic carbocycles. The first-order chi connectivity index (χ1) is 16.2. The van der Waals surface area contributed by atoms with Crippen LogP contribution in [0.4, 0.5) is 4.79 Å². The Labute approximate surface area is 208 Å². The molecule has 3 aromatic rings. The number of rotatable bonds is 9. The maximum absolute atomic E-state index is 13.0. The number of carbonyl (C=O) groups excluding carboxylic acids is 1. The summed E-state index contributed by atoms with van der Waals surface area (Å²) in [7, 11) is 0. The van der Waals surface area contributed by atoms with Gasteiger partial charge in [0.05, 0.1) is 25.8 Å². The van der Waals surface area contributed by atoms with Gasteiger partial charge in [0.1, 0.15) is 18.8 Å². The lowest BCUT2D eigenvalue weighted by molar-refractivity contribution is -0.0680. The van der Waals surface area contributed by atoms with Gasteiger partial charge in [-0.2, -0.15) is 0 Å². The SMILES string of the molecule is O=C(OCc1ccccc1)N1C[C@H](OCc2ccccc2)[C@@H](OCc2ccccc2)[C@H]1CI. The molecule has 1 heterocycles. The summed E-state index contributed by atoms with van der Waals surface area (Å²) in [6.07, 6.45) is -0.812. The average molecular weight is 557 g/mol. The van der Waals surface area contributed by atoms with Crippen molar-refractivity contribution < 1.29 is 19.0 Å². The Morgan fingerprint density at radius 2 is 1.24 bits per heavy atom. The Morgan fingerprint density at radius 1 is 0.758 bits per heavy atom. The van der Waals surface area contributed by atoms with Crippen LogP contribution in [0.5, 0.6) is 0 Å². The van der Waals surface area contributed by atoms with Crippen LogP contribution in [0.15, 0.2) is 91.0 Å². The minimum absolute atomic E-state index is 0.127. The summed E-state index contributed by atoms with van der Waals surface area (Å²) < 4.78 is 19.0. The van der Waals surface area contributed by atoms with Crippen molar-refractivity contribution in [2.75, 3.05) is 11.0 Å². The van der Waals surface area contributed by atoms with Crippen molar-refractivity contribution in [2.24, 2.45) is 0 Å². The van der Waals surface area contributed by atoms with Gasteiger partial charge in [-0.1, -0.05) is 114 Å². The van der Waals surface area contributed by atoms with Crippen LogP contribution in [-0.2, 0) is 34.0 Å². The molecule has 3 aromatic carbocycles. The van der Waals surface area contributed by atoms with Crippen molar-refractivity contribution in [2.45, 2.75) is 38.1 Å². The fourth-order valence-electron chi connectivity index (χ4n) is 3.95. The maximum Gasteiger partial charge on any atom is 0.410 e. The van der Waals surface area contributed by atoms with E-state index in [1.807, 2.05) is 91.0 Å². The molecule has 1 saturated heterocycles. The molecule has 3 atom stereocenters. The molecule has 0 unspecified atom stereocenters. The largest absolute Gasteiger partial charge is 0.445 e. The van der Waals surface area contributed by atoms with E-state index in [1.165, 1.54) is 0 Å². The second kappa shape index (κ2) is 12.2. The molecule has 0 spiro atoms. The van der Waals surface area contributed by atoms with Gasteiger partial charge in [0.2, 0.25) is 0 Å². The molecule has 172 valence electrons. The van der Waals surface area contributed by atoms with E-state index >= 15 is 0 Å². The Bertz CT molecular complexity index is 987. The molecule has 1 amide bonds. The average Bonchev–Trinajstić information content (AvgIpc) is 3.24. The van der Waals surface area contributed by atoms with Gasteiger partial charge in [-0.25, -0.2) is 4.79 Å².